The van der Waals surface area contributed by atoms with Gasteiger partial charge < -0.3 is 15.0 Å². The first kappa shape index (κ1) is 15.7. The highest BCUT2D eigenvalue weighted by Crippen LogP contribution is 2.39. The topological polar surface area (TPSA) is 24.5 Å². The van der Waals surface area contributed by atoms with Gasteiger partial charge in [-0.1, -0.05) is 6.07 Å². The number of hydrogen-bond donors (Lipinski definition) is 1. The molecule has 1 N–H and O–H groups in total. The highest BCUT2D eigenvalue weighted by Gasteiger charge is 2.33. The second kappa shape index (κ2) is 6.11. The van der Waals surface area contributed by atoms with Crippen molar-refractivity contribution in [2.45, 2.75) is 58.6 Å². The molecule has 1 aromatic carbocycles. The molecule has 2 aliphatic rings. The van der Waals surface area contributed by atoms with E-state index >= 15 is 0 Å². The van der Waals surface area contributed by atoms with Crippen LogP contribution in [0.1, 0.15) is 46.1 Å². The van der Waals surface area contributed by atoms with Crippen LogP contribution in [0, 0.1) is 5.92 Å². The van der Waals surface area contributed by atoms with Gasteiger partial charge in [-0.05, 0) is 83.7 Å². The van der Waals surface area contributed by atoms with Gasteiger partial charge in [-0.3, -0.25) is 0 Å². The zero-order chi connectivity index (χ0) is 15.7. The van der Waals surface area contributed by atoms with Crippen molar-refractivity contribution < 1.29 is 4.74 Å². The summed E-state index contributed by atoms with van der Waals surface area (Å²) in [4.78, 5) is 2.49. The van der Waals surface area contributed by atoms with Gasteiger partial charge in [-0.15, -0.1) is 0 Å². The van der Waals surface area contributed by atoms with Gasteiger partial charge in [0.25, 0.3) is 0 Å². The first-order valence-electron chi connectivity index (χ1n) is 8.74. The van der Waals surface area contributed by atoms with Gasteiger partial charge in [0.2, 0.25) is 0 Å². The second-order valence-electron chi connectivity index (χ2n) is 7.78. The fourth-order valence-electron chi connectivity index (χ4n) is 3.71. The fraction of sp³-hybridized carbons (Fsp3) is 0.684. The van der Waals surface area contributed by atoms with Crippen molar-refractivity contribution >= 4 is 5.69 Å². The SMILES string of the molecule is CC(C)N1CC(C)(C)Oc2ccc(CC3CCNCC3)cc21. The van der Waals surface area contributed by atoms with Gasteiger partial charge in [0.05, 0.1) is 12.2 Å². The summed E-state index contributed by atoms with van der Waals surface area (Å²) >= 11 is 0. The molecular formula is C19H30N2O. The van der Waals surface area contributed by atoms with Crippen molar-refractivity contribution in [3.05, 3.63) is 23.8 Å². The van der Waals surface area contributed by atoms with Crippen LogP contribution in [0.5, 0.6) is 5.75 Å². The fourth-order valence-corrected chi connectivity index (χ4v) is 3.71. The summed E-state index contributed by atoms with van der Waals surface area (Å²) in [5.74, 6) is 1.87. The maximum absolute atomic E-state index is 6.19. The van der Waals surface area contributed by atoms with Crippen LogP contribution in [0.15, 0.2) is 18.2 Å². The van der Waals surface area contributed by atoms with Crippen LogP contribution in [-0.2, 0) is 6.42 Å². The van der Waals surface area contributed by atoms with Crippen LogP contribution in [-0.4, -0.2) is 31.3 Å². The number of fused-ring (bicyclic) bond motifs is 1. The van der Waals surface area contributed by atoms with Crippen molar-refractivity contribution in [2.75, 3.05) is 24.5 Å². The maximum atomic E-state index is 6.19. The molecular weight excluding hydrogens is 272 g/mol. The lowest BCUT2D eigenvalue weighted by Crippen LogP contribution is -2.49. The number of anilines is 1. The molecule has 3 rings (SSSR count). The Hall–Kier alpha value is -1.22. The van der Waals surface area contributed by atoms with E-state index in [4.69, 9.17) is 4.74 Å². The van der Waals surface area contributed by atoms with E-state index in [1.807, 2.05) is 0 Å². The molecule has 1 saturated heterocycles. The standard InChI is InChI=1S/C19H30N2O/c1-14(2)21-13-19(3,4)22-18-6-5-16(12-17(18)21)11-15-7-9-20-10-8-15/h5-6,12,14-15,20H,7-11,13H2,1-4H3. The Labute approximate surface area is 135 Å². The second-order valence-corrected chi connectivity index (χ2v) is 7.78. The Kier molecular flexibility index (Phi) is 4.35. The summed E-state index contributed by atoms with van der Waals surface area (Å²) in [6, 6.07) is 7.31. The number of hydrogen-bond acceptors (Lipinski definition) is 3. The normalized spacial score (nSPS) is 21.6. The minimum absolute atomic E-state index is 0.117. The zero-order valence-electron chi connectivity index (χ0n) is 14.5. The van der Waals surface area contributed by atoms with Crippen LogP contribution in [0.2, 0.25) is 0 Å². The predicted molar refractivity (Wildman–Crippen MR) is 92.9 cm³/mol. The van der Waals surface area contributed by atoms with E-state index in [1.54, 1.807) is 0 Å². The van der Waals surface area contributed by atoms with Crippen LogP contribution >= 0.6 is 0 Å². The van der Waals surface area contributed by atoms with Crippen molar-refractivity contribution in [1.29, 1.82) is 0 Å². The number of piperidine rings is 1. The van der Waals surface area contributed by atoms with Gasteiger partial charge in [0, 0.05) is 6.04 Å². The predicted octanol–water partition coefficient (Wildman–Crippen LogP) is 3.61. The molecule has 22 heavy (non-hydrogen) atoms. The molecule has 1 aromatic rings. The average molecular weight is 302 g/mol. The third-order valence-corrected chi connectivity index (χ3v) is 4.88. The molecule has 0 aliphatic carbocycles. The highest BCUT2D eigenvalue weighted by molar-refractivity contribution is 5.62. The lowest BCUT2D eigenvalue weighted by atomic mass is 9.90. The van der Waals surface area contributed by atoms with Crippen molar-refractivity contribution in [1.82, 2.24) is 5.32 Å². The van der Waals surface area contributed by atoms with Gasteiger partial charge >= 0.3 is 0 Å². The molecule has 0 bridgehead atoms. The van der Waals surface area contributed by atoms with E-state index in [1.165, 1.54) is 43.6 Å². The minimum atomic E-state index is -0.117. The summed E-state index contributed by atoms with van der Waals surface area (Å²) < 4.78 is 6.19. The van der Waals surface area contributed by atoms with Gasteiger partial charge in [-0.2, -0.15) is 0 Å². The molecule has 0 unspecified atom stereocenters. The Balaban J connectivity index is 1.83. The van der Waals surface area contributed by atoms with E-state index < -0.39 is 0 Å². The average Bonchev–Trinajstić information content (AvgIpc) is 2.47. The molecule has 122 valence electrons. The number of rotatable bonds is 3. The Bertz CT molecular complexity index is 518. The molecule has 1 fully saturated rings. The Morgan fingerprint density at radius 2 is 2.00 bits per heavy atom. The molecule has 3 nitrogen and oxygen atoms in total. The Morgan fingerprint density at radius 1 is 1.27 bits per heavy atom. The van der Waals surface area contributed by atoms with Crippen molar-refractivity contribution in [3.63, 3.8) is 0 Å². The molecule has 2 aliphatic heterocycles. The van der Waals surface area contributed by atoms with Gasteiger partial charge in [0.15, 0.2) is 0 Å². The molecule has 0 spiro atoms. The van der Waals surface area contributed by atoms with E-state index in [-0.39, 0.29) is 5.60 Å². The van der Waals surface area contributed by atoms with E-state index in [0.29, 0.717) is 6.04 Å². The monoisotopic (exact) mass is 302 g/mol. The summed E-state index contributed by atoms with van der Waals surface area (Å²) in [5, 5.41) is 3.45. The minimum Gasteiger partial charge on any atom is -0.484 e. The van der Waals surface area contributed by atoms with Crippen LogP contribution in [0.25, 0.3) is 0 Å². The van der Waals surface area contributed by atoms with Crippen molar-refractivity contribution in [2.24, 2.45) is 5.92 Å². The summed E-state index contributed by atoms with van der Waals surface area (Å²) in [7, 11) is 0. The van der Waals surface area contributed by atoms with Crippen LogP contribution in [0.3, 0.4) is 0 Å². The molecule has 0 amide bonds. The van der Waals surface area contributed by atoms with Crippen LogP contribution in [0.4, 0.5) is 5.69 Å². The smallest absolute Gasteiger partial charge is 0.143 e. The number of nitrogens with one attached hydrogen (secondary N) is 1. The summed E-state index contributed by atoms with van der Waals surface area (Å²) in [6.45, 7) is 12.2. The zero-order valence-corrected chi connectivity index (χ0v) is 14.5. The lowest BCUT2D eigenvalue weighted by Gasteiger charge is -2.43. The van der Waals surface area contributed by atoms with E-state index in [2.05, 4.69) is 56.1 Å². The molecule has 0 aromatic heterocycles. The van der Waals surface area contributed by atoms with Gasteiger partial charge in [0.1, 0.15) is 11.4 Å². The van der Waals surface area contributed by atoms with Crippen molar-refractivity contribution in [3.8, 4) is 5.75 Å². The van der Waals surface area contributed by atoms with E-state index in [9.17, 15) is 0 Å². The first-order valence-corrected chi connectivity index (χ1v) is 8.74. The lowest BCUT2D eigenvalue weighted by molar-refractivity contribution is 0.103. The van der Waals surface area contributed by atoms with E-state index in [0.717, 1.165) is 18.2 Å². The number of nitrogens with zero attached hydrogens (tertiary/aromatic N) is 1. The molecule has 3 heteroatoms. The number of benzene rings is 1. The summed E-state index contributed by atoms with van der Waals surface area (Å²) in [6.07, 6.45) is 3.80. The first-order chi connectivity index (χ1) is 10.4. The highest BCUT2D eigenvalue weighted by atomic mass is 16.5. The van der Waals surface area contributed by atoms with Crippen LogP contribution < -0.4 is 15.0 Å². The number of ether oxygens (including phenoxy) is 1. The Morgan fingerprint density at radius 3 is 2.68 bits per heavy atom. The molecule has 0 atom stereocenters. The maximum Gasteiger partial charge on any atom is 0.143 e. The third kappa shape index (κ3) is 3.40. The molecule has 2 heterocycles. The third-order valence-electron chi connectivity index (χ3n) is 4.88. The molecule has 0 radical (unpaired) electrons. The largest absolute Gasteiger partial charge is 0.484 e. The summed E-state index contributed by atoms with van der Waals surface area (Å²) in [5.41, 5.74) is 2.62. The molecule has 0 saturated carbocycles. The van der Waals surface area contributed by atoms with Gasteiger partial charge in [-0.25, -0.2) is 0 Å². The quantitative estimate of drug-likeness (QED) is 0.923.